The topological polar surface area (TPSA) is 59.1 Å². The Morgan fingerprint density at radius 1 is 0.848 bits per heavy atom. The van der Waals surface area contributed by atoms with Gasteiger partial charge in [-0.25, -0.2) is 4.90 Å². The van der Waals surface area contributed by atoms with Gasteiger partial charge < -0.3 is 14.4 Å². The average molecular weight is 443 g/mol. The van der Waals surface area contributed by atoms with E-state index < -0.39 is 0 Å². The van der Waals surface area contributed by atoms with Crippen molar-refractivity contribution in [3.8, 4) is 11.5 Å². The number of hydrogen-bond acceptors (Lipinski definition) is 5. The van der Waals surface area contributed by atoms with Crippen LogP contribution in [0.1, 0.15) is 16.7 Å². The summed E-state index contributed by atoms with van der Waals surface area (Å²) in [6.45, 7) is 2.39. The molecule has 3 aromatic rings. The molecule has 0 spiro atoms. The molecule has 0 unspecified atom stereocenters. The fraction of sp³-hybridized carbons (Fsp3) is 0.185. The Balaban J connectivity index is 1.83. The van der Waals surface area contributed by atoms with E-state index in [0.29, 0.717) is 40.6 Å². The number of rotatable bonds is 7. The molecule has 0 bridgehead atoms. The van der Waals surface area contributed by atoms with Crippen molar-refractivity contribution in [3.63, 3.8) is 0 Å². The number of aryl methyl sites for hydroxylation is 1. The van der Waals surface area contributed by atoms with Crippen LogP contribution in [0.3, 0.4) is 0 Å². The molecule has 6 nitrogen and oxygen atoms in total. The van der Waals surface area contributed by atoms with Gasteiger partial charge in [0.2, 0.25) is 0 Å². The van der Waals surface area contributed by atoms with E-state index >= 15 is 0 Å². The first kappa shape index (κ1) is 22.1. The van der Waals surface area contributed by atoms with Crippen molar-refractivity contribution in [2.45, 2.75) is 13.5 Å². The molecular weight excluding hydrogens is 416 g/mol. The molecule has 0 fully saturated rings. The molecule has 1 aliphatic heterocycles. The first-order valence-electron chi connectivity index (χ1n) is 10.6. The Morgan fingerprint density at radius 3 is 2.18 bits per heavy atom. The van der Waals surface area contributed by atoms with Crippen LogP contribution in [0.25, 0.3) is 5.57 Å². The number of likely N-dealkylation sites (N-methyl/N-ethyl adjacent to an activating group) is 1. The standard InChI is InChI=1S/C27H26N2O4/c1-18-10-15-23(33-4)22(16-18)29-26(30)24(20-11-13-21(32-3)14-12-20)25(27(29)31)28(2)17-19-8-6-5-7-9-19/h5-16H,17H2,1-4H3. The van der Waals surface area contributed by atoms with E-state index in [2.05, 4.69) is 0 Å². The highest BCUT2D eigenvalue weighted by atomic mass is 16.5. The fourth-order valence-electron chi connectivity index (χ4n) is 4.02. The second-order valence-corrected chi connectivity index (χ2v) is 7.91. The van der Waals surface area contributed by atoms with Gasteiger partial charge in [-0.2, -0.15) is 0 Å². The highest BCUT2D eigenvalue weighted by Crippen LogP contribution is 2.39. The number of amides is 2. The SMILES string of the molecule is COc1ccc(C2=C(N(C)Cc3ccccc3)C(=O)N(c3cc(C)ccc3OC)C2=O)cc1. The fourth-order valence-corrected chi connectivity index (χ4v) is 4.02. The lowest BCUT2D eigenvalue weighted by Crippen LogP contribution is -2.34. The third-order valence-electron chi connectivity index (χ3n) is 5.66. The van der Waals surface area contributed by atoms with Crippen LogP contribution >= 0.6 is 0 Å². The normalized spacial score (nSPS) is 13.5. The van der Waals surface area contributed by atoms with Crippen molar-refractivity contribution in [1.82, 2.24) is 4.90 Å². The summed E-state index contributed by atoms with van der Waals surface area (Å²) in [4.78, 5) is 30.6. The molecule has 0 saturated heterocycles. The molecule has 3 aromatic carbocycles. The van der Waals surface area contributed by atoms with E-state index in [1.807, 2.05) is 55.3 Å². The lowest BCUT2D eigenvalue weighted by atomic mass is 10.0. The molecule has 6 heteroatoms. The Hall–Kier alpha value is -4.06. The average Bonchev–Trinajstić information content (AvgIpc) is 3.09. The first-order chi connectivity index (χ1) is 15.9. The van der Waals surface area contributed by atoms with Crippen LogP contribution in [-0.2, 0) is 16.1 Å². The van der Waals surface area contributed by atoms with Gasteiger partial charge >= 0.3 is 0 Å². The highest BCUT2D eigenvalue weighted by Gasteiger charge is 2.42. The van der Waals surface area contributed by atoms with Gasteiger partial charge in [-0.1, -0.05) is 48.5 Å². The minimum Gasteiger partial charge on any atom is -0.497 e. The van der Waals surface area contributed by atoms with Crippen molar-refractivity contribution in [2.24, 2.45) is 0 Å². The van der Waals surface area contributed by atoms with Gasteiger partial charge in [0.15, 0.2) is 0 Å². The summed E-state index contributed by atoms with van der Waals surface area (Å²) in [5, 5.41) is 0. The second-order valence-electron chi connectivity index (χ2n) is 7.91. The lowest BCUT2D eigenvalue weighted by molar-refractivity contribution is -0.120. The molecule has 33 heavy (non-hydrogen) atoms. The third-order valence-corrected chi connectivity index (χ3v) is 5.66. The number of anilines is 1. The van der Waals surface area contributed by atoms with Crippen LogP contribution in [0.5, 0.6) is 11.5 Å². The van der Waals surface area contributed by atoms with Gasteiger partial charge in [-0.3, -0.25) is 9.59 Å². The molecule has 0 radical (unpaired) electrons. The number of ether oxygens (including phenoxy) is 2. The van der Waals surface area contributed by atoms with E-state index in [1.54, 1.807) is 43.5 Å². The Morgan fingerprint density at radius 2 is 1.55 bits per heavy atom. The largest absolute Gasteiger partial charge is 0.497 e. The molecule has 4 rings (SSSR count). The molecule has 0 saturated carbocycles. The summed E-state index contributed by atoms with van der Waals surface area (Å²) >= 11 is 0. The van der Waals surface area contributed by atoms with E-state index in [0.717, 1.165) is 11.1 Å². The van der Waals surface area contributed by atoms with Crippen LogP contribution < -0.4 is 14.4 Å². The summed E-state index contributed by atoms with van der Waals surface area (Å²) in [6, 6.07) is 22.4. The number of hydrogen-bond donors (Lipinski definition) is 0. The summed E-state index contributed by atoms with van der Waals surface area (Å²) in [7, 11) is 4.94. The number of carbonyl (C=O) groups excluding carboxylic acids is 2. The maximum absolute atomic E-state index is 13.8. The maximum atomic E-state index is 13.8. The zero-order valence-corrected chi connectivity index (χ0v) is 19.2. The Bertz CT molecular complexity index is 1220. The Kier molecular flexibility index (Phi) is 6.18. The van der Waals surface area contributed by atoms with Gasteiger partial charge in [-0.05, 0) is 47.9 Å². The van der Waals surface area contributed by atoms with Gasteiger partial charge in [0, 0.05) is 13.6 Å². The number of nitrogens with zero attached hydrogens (tertiary/aromatic N) is 2. The van der Waals surface area contributed by atoms with Crippen molar-refractivity contribution in [2.75, 3.05) is 26.2 Å². The van der Waals surface area contributed by atoms with Crippen molar-refractivity contribution in [3.05, 3.63) is 95.2 Å². The zero-order valence-electron chi connectivity index (χ0n) is 19.2. The second kappa shape index (κ2) is 9.20. The van der Waals surface area contributed by atoms with E-state index in [-0.39, 0.29) is 11.8 Å². The number of imide groups is 1. The molecule has 1 aliphatic rings. The molecule has 0 aromatic heterocycles. The van der Waals surface area contributed by atoms with Gasteiger partial charge in [0.1, 0.15) is 17.2 Å². The van der Waals surface area contributed by atoms with E-state index in [9.17, 15) is 9.59 Å². The predicted molar refractivity (Wildman–Crippen MR) is 128 cm³/mol. The quantitative estimate of drug-likeness (QED) is 0.507. The summed E-state index contributed by atoms with van der Waals surface area (Å²) in [5.74, 6) is 0.369. The van der Waals surface area contributed by atoms with Gasteiger partial charge in [0.05, 0.1) is 25.5 Å². The monoisotopic (exact) mass is 442 g/mol. The first-order valence-corrected chi connectivity index (χ1v) is 10.6. The van der Waals surface area contributed by atoms with Gasteiger partial charge in [0.25, 0.3) is 11.8 Å². The molecule has 0 N–H and O–H groups in total. The number of benzene rings is 3. The smallest absolute Gasteiger partial charge is 0.282 e. The van der Waals surface area contributed by atoms with Gasteiger partial charge in [-0.15, -0.1) is 0 Å². The van der Waals surface area contributed by atoms with Crippen LogP contribution in [0.2, 0.25) is 0 Å². The summed E-state index contributed by atoms with van der Waals surface area (Å²) in [5.41, 5.74) is 3.74. The van der Waals surface area contributed by atoms with Crippen molar-refractivity contribution in [1.29, 1.82) is 0 Å². The molecule has 0 atom stereocenters. The molecule has 1 heterocycles. The van der Waals surface area contributed by atoms with Crippen LogP contribution in [-0.4, -0.2) is 38.0 Å². The van der Waals surface area contributed by atoms with E-state index in [4.69, 9.17) is 9.47 Å². The minimum atomic E-state index is -0.385. The van der Waals surface area contributed by atoms with E-state index in [1.165, 1.54) is 12.0 Å². The highest BCUT2D eigenvalue weighted by molar-refractivity contribution is 6.45. The maximum Gasteiger partial charge on any atom is 0.282 e. The minimum absolute atomic E-state index is 0.345. The predicted octanol–water partition coefficient (Wildman–Crippen LogP) is 4.43. The molecule has 0 aliphatic carbocycles. The number of carbonyl (C=O) groups is 2. The Labute approximate surface area is 193 Å². The molecule has 168 valence electrons. The lowest BCUT2D eigenvalue weighted by Gasteiger charge is -2.22. The molecular formula is C27H26N2O4. The summed E-state index contributed by atoms with van der Waals surface area (Å²) < 4.78 is 10.7. The van der Waals surface area contributed by atoms with Crippen molar-refractivity contribution >= 4 is 23.1 Å². The van der Waals surface area contributed by atoms with Crippen LogP contribution in [0, 0.1) is 6.92 Å². The van der Waals surface area contributed by atoms with Crippen LogP contribution in [0.4, 0.5) is 5.69 Å². The zero-order chi connectivity index (χ0) is 23.5. The van der Waals surface area contributed by atoms with Crippen LogP contribution in [0.15, 0.2) is 78.5 Å². The van der Waals surface area contributed by atoms with Crippen molar-refractivity contribution < 1.29 is 19.1 Å². The third kappa shape index (κ3) is 4.20. The molecule has 2 amide bonds. The number of methoxy groups -OCH3 is 2. The summed E-state index contributed by atoms with van der Waals surface area (Å²) in [6.07, 6.45) is 0.